The van der Waals surface area contributed by atoms with Crippen molar-refractivity contribution in [2.75, 3.05) is 0 Å². The van der Waals surface area contributed by atoms with Gasteiger partial charge in [0.15, 0.2) is 0 Å². The van der Waals surface area contributed by atoms with Crippen molar-refractivity contribution in [2.45, 2.75) is 39.3 Å². The Hall–Kier alpha value is -1.46. The van der Waals surface area contributed by atoms with Gasteiger partial charge in [0.25, 0.3) is 5.56 Å². The van der Waals surface area contributed by atoms with E-state index in [0.717, 1.165) is 15.7 Å². The standard InChI is InChI=1S/C16H20BrN3O/c1-16(2,3)18-10-12-9-15(21)20-14(19-12)8-11-6-4-5-7-13(11)17/h4-7,9,18H,8,10H2,1-3H3,(H,19,20,21). The monoisotopic (exact) mass is 349 g/mol. The summed E-state index contributed by atoms with van der Waals surface area (Å²) < 4.78 is 1.02. The fourth-order valence-electron chi connectivity index (χ4n) is 1.92. The Labute approximate surface area is 133 Å². The minimum absolute atomic E-state index is 0.00704. The highest BCUT2D eigenvalue weighted by molar-refractivity contribution is 9.10. The zero-order chi connectivity index (χ0) is 15.5. The van der Waals surface area contributed by atoms with Crippen LogP contribution in [-0.2, 0) is 13.0 Å². The quantitative estimate of drug-likeness (QED) is 0.891. The van der Waals surface area contributed by atoms with Gasteiger partial charge in [-0.1, -0.05) is 34.1 Å². The predicted octanol–water partition coefficient (Wildman–Crippen LogP) is 3.01. The summed E-state index contributed by atoms with van der Waals surface area (Å²) in [5.74, 6) is 0.681. The number of benzene rings is 1. The molecule has 0 aliphatic heterocycles. The number of hydrogen-bond donors (Lipinski definition) is 2. The molecule has 0 fully saturated rings. The van der Waals surface area contributed by atoms with Crippen LogP contribution in [-0.4, -0.2) is 15.5 Å². The first-order chi connectivity index (χ1) is 9.83. The summed E-state index contributed by atoms with van der Waals surface area (Å²) in [7, 11) is 0. The first-order valence-corrected chi connectivity index (χ1v) is 7.70. The van der Waals surface area contributed by atoms with Crippen molar-refractivity contribution in [3.63, 3.8) is 0 Å². The van der Waals surface area contributed by atoms with Crippen LogP contribution in [0.3, 0.4) is 0 Å². The van der Waals surface area contributed by atoms with E-state index >= 15 is 0 Å². The number of aromatic nitrogens is 2. The Morgan fingerprint density at radius 1 is 1.29 bits per heavy atom. The van der Waals surface area contributed by atoms with Crippen molar-refractivity contribution in [3.8, 4) is 0 Å². The van der Waals surface area contributed by atoms with E-state index in [1.54, 1.807) is 6.07 Å². The summed E-state index contributed by atoms with van der Waals surface area (Å²) >= 11 is 3.52. The number of hydrogen-bond acceptors (Lipinski definition) is 3. The molecule has 0 radical (unpaired) electrons. The molecular weight excluding hydrogens is 330 g/mol. The Balaban J connectivity index is 2.19. The van der Waals surface area contributed by atoms with Crippen LogP contribution < -0.4 is 10.9 Å². The van der Waals surface area contributed by atoms with Crippen LogP contribution in [0.25, 0.3) is 0 Å². The summed E-state index contributed by atoms with van der Waals surface area (Å²) in [6.07, 6.45) is 0.597. The molecule has 0 spiro atoms. The molecule has 4 nitrogen and oxygen atoms in total. The molecule has 2 N–H and O–H groups in total. The van der Waals surface area contributed by atoms with Crippen molar-refractivity contribution in [1.29, 1.82) is 0 Å². The summed E-state index contributed by atoms with van der Waals surface area (Å²) in [6, 6.07) is 9.49. The van der Waals surface area contributed by atoms with Gasteiger partial charge in [0.2, 0.25) is 0 Å². The number of nitrogens with one attached hydrogen (secondary N) is 2. The Bertz CT molecular complexity index is 674. The average molecular weight is 350 g/mol. The Morgan fingerprint density at radius 3 is 2.67 bits per heavy atom. The Morgan fingerprint density at radius 2 is 2.00 bits per heavy atom. The highest BCUT2D eigenvalue weighted by Gasteiger charge is 2.10. The normalized spacial score (nSPS) is 11.6. The molecule has 112 valence electrons. The highest BCUT2D eigenvalue weighted by atomic mass is 79.9. The van der Waals surface area contributed by atoms with Crippen LogP contribution in [0.1, 0.15) is 37.9 Å². The molecule has 0 bridgehead atoms. The van der Waals surface area contributed by atoms with Gasteiger partial charge in [0.05, 0.1) is 5.69 Å². The molecule has 0 saturated carbocycles. The van der Waals surface area contributed by atoms with Crippen LogP contribution in [0.2, 0.25) is 0 Å². The number of rotatable bonds is 4. The fraction of sp³-hybridized carbons (Fsp3) is 0.375. The molecule has 1 aromatic heterocycles. The second-order valence-electron chi connectivity index (χ2n) is 6.06. The molecule has 0 unspecified atom stereocenters. The topological polar surface area (TPSA) is 57.8 Å². The molecule has 0 aliphatic carbocycles. The lowest BCUT2D eigenvalue weighted by atomic mass is 10.1. The second-order valence-corrected chi connectivity index (χ2v) is 6.91. The molecule has 2 aromatic rings. The molecular formula is C16H20BrN3O. The van der Waals surface area contributed by atoms with Gasteiger partial charge in [-0.05, 0) is 32.4 Å². The zero-order valence-corrected chi connectivity index (χ0v) is 14.1. The van der Waals surface area contributed by atoms with Crippen LogP contribution in [0.4, 0.5) is 0 Å². The molecule has 0 atom stereocenters. The van der Waals surface area contributed by atoms with Crippen LogP contribution >= 0.6 is 15.9 Å². The van der Waals surface area contributed by atoms with Gasteiger partial charge in [0, 0.05) is 29.0 Å². The maximum atomic E-state index is 11.8. The van der Waals surface area contributed by atoms with Gasteiger partial charge in [0.1, 0.15) is 5.82 Å². The van der Waals surface area contributed by atoms with Crippen molar-refractivity contribution in [1.82, 2.24) is 15.3 Å². The first-order valence-electron chi connectivity index (χ1n) is 6.91. The number of H-pyrrole nitrogens is 1. The number of halogens is 1. The molecule has 1 heterocycles. The third kappa shape index (κ3) is 5.10. The number of aromatic amines is 1. The van der Waals surface area contributed by atoms with Gasteiger partial charge in [-0.15, -0.1) is 0 Å². The van der Waals surface area contributed by atoms with E-state index in [-0.39, 0.29) is 11.1 Å². The molecule has 5 heteroatoms. The van der Waals surface area contributed by atoms with E-state index in [0.29, 0.717) is 18.8 Å². The predicted molar refractivity (Wildman–Crippen MR) is 88.4 cm³/mol. The number of nitrogens with zero attached hydrogens (tertiary/aromatic N) is 1. The highest BCUT2D eigenvalue weighted by Crippen LogP contribution is 2.17. The zero-order valence-electron chi connectivity index (χ0n) is 12.5. The molecule has 0 aliphatic rings. The lowest BCUT2D eigenvalue weighted by molar-refractivity contribution is 0.420. The largest absolute Gasteiger partial charge is 0.310 e. The molecule has 0 amide bonds. The molecule has 2 rings (SSSR count). The van der Waals surface area contributed by atoms with Gasteiger partial charge >= 0.3 is 0 Å². The van der Waals surface area contributed by atoms with E-state index in [4.69, 9.17) is 0 Å². The van der Waals surface area contributed by atoms with E-state index in [2.05, 4.69) is 52.0 Å². The van der Waals surface area contributed by atoms with Crippen molar-refractivity contribution in [2.24, 2.45) is 0 Å². The minimum Gasteiger partial charge on any atom is -0.310 e. The van der Waals surface area contributed by atoms with Crippen LogP contribution in [0.5, 0.6) is 0 Å². The lowest BCUT2D eigenvalue weighted by Gasteiger charge is -2.20. The minimum atomic E-state index is -0.113. The van der Waals surface area contributed by atoms with E-state index in [9.17, 15) is 4.79 Å². The molecule has 21 heavy (non-hydrogen) atoms. The fourth-order valence-corrected chi connectivity index (χ4v) is 2.34. The lowest BCUT2D eigenvalue weighted by Crippen LogP contribution is -2.35. The van der Waals surface area contributed by atoms with Gasteiger partial charge in [-0.2, -0.15) is 0 Å². The van der Waals surface area contributed by atoms with Gasteiger partial charge in [-0.25, -0.2) is 4.98 Å². The first kappa shape index (κ1) is 15.9. The summed E-state index contributed by atoms with van der Waals surface area (Å²) in [6.45, 7) is 6.84. The summed E-state index contributed by atoms with van der Waals surface area (Å²) in [5.41, 5.74) is 1.74. The summed E-state index contributed by atoms with van der Waals surface area (Å²) in [5, 5.41) is 3.34. The van der Waals surface area contributed by atoms with Crippen LogP contribution in [0, 0.1) is 0 Å². The van der Waals surface area contributed by atoms with Crippen molar-refractivity contribution in [3.05, 3.63) is 62.2 Å². The SMILES string of the molecule is CC(C)(C)NCc1cc(=O)[nH]c(Cc2ccccc2Br)n1. The third-order valence-corrected chi connectivity index (χ3v) is 3.73. The summed E-state index contributed by atoms with van der Waals surface area (Å²) in [4.78, 5) is 19.1. The smallest absolute Gasteiger partial charge is 0.251 e. The maximum Gasteiger partial charge on any atom is 0.251 e. The van der Waals surface area contributed by atoms with Crippen LogP contribution in [0.15, 0.2) is 39.6 Å². The molecule has 1 aromatic carbocycles. The Kier molecular flexibility index (Phi) is 4.96. The van der Waals surface area contributed by atoms with Gasteiger partial charge < -0.3 is 10.3 Å². The average Bonchev–Trinajstić information content (AvgIpc) is 2.38. The van der Waals surface area contributed by atoms with Crippen molar-refractivity contribution >= 4 is 15.9 Å². The van der Waals surface area contributed by atoms with E-state index in [1.165, 1.54) is 0 Å². The third-order valence-electron chi connectivity index (χ3n) is 2.96. The molecule has 0 saturated heterocycles. The van der Waals surface area contributed by atoms with Crippen molar-refractivity contribution < 1.29 is 0 Å². The second kappa shape index (κ2) is 6.54. The maximum absolute atomic E-state index is 11.8. The van der Waals surface area contributed by atoms with Gasteiger partial charge in [-0.3, -0.25) is 4.79 Å². The van der Waals surface area contributed by atoms with E-state index in [1.807, 2.05) is 24.3 Å². The van der Waals surface area contributed by atoms with E-state index < -0.39 is 0 Å².